The molecule has 0 atom stereocenters. The van der Waals surface area contributed by atoms with Crippen molar-refractivity contribution in [2.75, 3.05) is 30.0 Å². The molecule has 23 heavy (non-hydrogen) atoms. The van der Waals surface area contributed by atoms with E-state index in [9.17, 15) is 13.5 Å². The predicted octanol–water partition coefficient (Wildman–Crippen LogP) is 0.956. The van der Waals surface area contributed by atoms with Crippen LogP contribution in [0.3, 0.4) is 0 Å². The van der Waals surface area contributed by atoms with Crippen LogP contribution in [-0.4, -0.2) is 55.2 Å². The Morgan fingerprint density at radius 1 is 1.35 bits per heavy atom. The Balaban J connectivity index is 1.82. The highest BCUT2D eigenvalue weighted by molar-refractivity contribution is 7.91. The van der Waals surface area contributed by atoms with Crippen molar-refractivity contribution in [2.24, 2.45) is 0 Å². The van der Waals surface area contributed by atoms with Crippen molar-refractivity contribution in [2.45, 2.75) is 44.9 Å². The Morgan fingerprint density at radius 2 is 2.00 bits per heavy atom. The van der Waals surface area contributed by atoms with Crippen LogP contribution in [0.25, 0.3) is 0 Å². The van der Waals surface area contributed by atoms with E-state index in [-0.39, 0.29) is 11.5 Å². The summed E-state index contributed by atoms with van der Waals surface area (Å²) in [6.07, 6.45) is 2.44. The zero-order chi connectivity index (χ0) is 17.1. The van der Waals surface area contributed by atoms with Crippen molar-refractivity contribution in [3.8, 4) is 0 Å². The van der Waals surface area contributed by atoms with E-state index in [1.807, 2.05) is 25.4 Å². The van der Waals surface area contributed by atoms with Crippen LogP contribution in [0.1, 0.15) is 32.3 Å². The molecule has 0 aliphatic carbocycles. The summed E-state index contributed by atoms with van der Waals surface area (Å²) < 4.78 is 22.8. The van der Waals surface area contributed by atoms with Gasteiger partial charge in [-0.05, 0) is 38.3 Å². The summed E-state index contributed by atoms with van der Waals surface area (Å²) in [7, 11) is -0.942. The van der Waals surface area contributed by atoms with E-state index >= 15 is 0 Å². The SMILES string of the molecule is CC(C)N(C)c1ccc(CNCC2(O)CCS(=O)(=O)CC2)cn1. The molecule has 0 radical (unpaired) electrons. The van der Waals surface area contributed by atoms with Crippen LogP contribution in [0, 0.1) is 0 Å². The molecule has 1 aliphatic heterocycles. The molecule has 6 nitrogen and oxygen atoms in total. The lowest BCUT2D eigenvalue weighted by Gasteiger charge is -2.32. The monoisotopic (exact) mass is 341 g/mol. The Hall–Kier alpha value is -1.18. The van der Waals surface area contributed by atoms with Gasteiger partial charge in [-0.1, -0.05) is 6.07 Å². The van der Waals surface area contributed by atoms with E-state index in [1.54, 1.807) is 0 Å². The molecule has 0 spiro atoms. The first-order chi connectivity index (χ1) is 10.7. The van der Waals surface area contributed by atoms with Crippen molar-refractivity contribution in [3.05, 3.63) is 23.9 Å². The first-order valence-electron chi connectivity index (χ1n) is 8.02. The van der Waals surface area contributed by atoms with Crippen LogP contribution < -0.4 is 10.2 Å². The summed E-state index contributed by atoms with van der Waals surface area (Å²) in [4.78, 5) is 6.55. The van der Waals surface area contributed by atoms with E-state index in [4.69, 9.17) is 0 Å². The molecule has 130 valence electrons. The summed E-state index contributed by atoms with van der Waals surface area (Å²) in [5.74, 6) is 1.08. The topological polar surface area (TPSA) is 82.5 Å². The van der Waals surface area contributed by atoms with Gasteiger partial charge in [0.2, 0.25) is 0 Å². The second-order valence-electron chi connectivity index (χ2n) is 6.71. The third kappa shape index (κ3) is 5.16. The number of anilines is 1. The smallest absolute Gasteiger partial charge is 0.150 e. The van der Waals surface area contributed by atoms with E-state index < -0.39 is 15.4 Å². The molecule has 7 heteroatoms. The lowest BCUT2D eigenvalue weighted by Crippen LogP contribution is -2.46. The summed E-state index contributed by atoms with van der Waals surface area (Å²) in [5, 5.41) is 13.6. The molecule has 0 unspecified atom stereocenters. The van der Waals surface area contributed by atoms with Crippen LogP contribution in [0.5, 0.6) is 0 Å². The molecule has 1 fully saturated rings. The minimum Gasteiger partial charge on any atom is -0.388 e. The van der Waals surface area contributed by atoms with Gasteiger partial charge in [-0.15, -0.1) is 0 Å². The van der Waals surface area contributed by atoms with E-state index in [1.165, 1.54) is 0 Å². The molecule has 2 N–H and O–H groups in total. The van der Waals surface area contributed by atoms with Crippen molar-refractivity contribution < 1.29 is 13.5 Å². The highest BCUT2D eigenvalue weighted by atomic mass is 32.2. The Kier molecular flexibility index (Phi) is 5.65. The molecular weight excluding hydrogens is 314 g/mol. The number of rotatable bonds is 6. The lowest BCUT2D eigenvalue weighted by molar-refractivity contribution is 0.0303. The highest BCUT2D eigenvalue weighted by Crippen LogP contribution is 2.23. The van der Waals surface area contributed by atoms with Gasteiger partial charge in [0.05, 0.1) is 17.1 Å². The number of aromatic nitrogens is 1. The Labute approximate surface area is 138 Å². The van der Waals surface area contributed by atoms with Crippen molar-refractivity contribution in [1.29, 1.82) is 0 Å². The third-order valence-electron chi connectivity index (χ3n) is 4.49. The van der Waals surface area contributed by atoms with E-state index in [0.29, 0.717) is 32.0 Å². The zero-order valence-electron chi connectivity index (χ0n) is 14.1. The number of hydrogen-bond donors (Lipinski definition) is 2. The fraction of sp³-hybridized carbons (Fsp3) is 0.688. The van der Waals surface area contributed by atoms with Gasteiger partial charge in [-0.3, -0.25) is 0 Å². The molecule has 0 amide bonds. The van der Waals surface area contributed by atoms with Gasteiger partial charge in [-0.25, -0.2) is 13.4 Å². The molecule has 2 heterocycles. The summed E-state index contributed by atoms with van der Waals surface area (Å²) >= 11 is 0. The molecule has 1 aliphatic rings. The normalized spacial score (nSPS) is 19.7. The number of hydrogen-bond acceptors (Lipinski definition) is 6. The summed E-state index contributed by atoms with van der Waals surface area (Å²) in [6, 6.07) is 4.39. The maximum atomic E-state index is 11.4. The van der Waals surface area contributed by atoms with Crippen molar-refractivity contribution in [1.82, 2.24) is 10.3 Å². The Morgan fingerprint density at radius 3 is 2.52 bits per heavy atom. The minimum atomic E-state index is -2.95. The summed E-state index contributed by atoms with van der Waals surface area (Å²) in [5.41, 5.74) is 0.120. The van der Waals surface area contributed by atoms with Gasteiger partial charge in [0.15, 0.2) is 9.84 Å². The van der Waals surface area contributed by atoms with Crippen LogP contribution in [0.2, 0.25) is 0 Å². The minimum absolute atomic E-state index is 0.0724. The molecule has 2 rings (SSSR count). The van der Waals surface area contributed by atoms with Gasteiger partial charge in [0, 0.05) is 32.4 Å². The van der Waals surface area contributed by atoms with Crippen LogP contribution in [0.15, 0.2) is 18.3 Å². The fourth-order valence-corrected chi connectivity index (χ4v) is 4.11. The van der Waals surface area contributed by atoms with Gasteiger partial charge in [0.25, 0.3) is 0 Å². The first-order valence-corrected chi connectivity index (χ1v) is 9.84. The van der Waals surface area contributed by atoms with Crippen molar-refractivity contribution in [3.63, 3.8) is 0 Å². The average Bonchev–Trinajstić information content (AvgIpc) is 2.51. The molecular formula is C16H27N3O3S. The largest absolute Gasteiger partial charge is 0.388 e. The quantitative estimate of drug-likeness (QED) is 0.802. The molecule has 1 aromatic rings. The number of sulfone groups is 1. The highest BCUT2D eigenvalue weighted by Gasteiger charge is 2.34. The predicted molar refractivity (Wildman–Crippen MR) is 92.3 cm³/mol. The second kappa shape index (κ2) is 7.15. The van der Waals surface area contributed by atoms with E-state index in [2.05, 4.69) is 29.0 Å². The average molecular weight is 341 g/mol. The third-order valence-corrected chi connectivity index (χ3v) is 6.14. The van der Waals surface area contributed by atoms with Gasteiger partial charge in [0.1, 0.15) is 5.82 Å². The van der Waals surface area contributed by atoms with Crippen molar-refractivity contribution >= 4 is 15.7 Å². The van der Waals surface area contributed by atoms with Crippen LogP contribution in [-0.2, 0) is 16.4 Å². The number of nitrogens with one attached hydrogen (secondary N) is 1. The molecule has 0 bridgehead atoms. The standard InChI is InChI=1S/C16H27N3O3S/c1-13(2)19(3)15-5-4-14(11-18-15)10-17-12-16(20)6-8-23(21,22)9-7-16/h4-5,11,13,17,20H,6-10,12H2,1-3H3. The van der Waals surface area contributed by atoms with Crippen LogP contribution >= 0.6 is 0 Å². The number of nitrogens with zero attached hydrogens (tertiary/aromatic N) is 2. The molecule has 1 saturated heterocycles. The molecule has 1 aromatic heterocycles. The first kappa shape index (κ1) is 18.2. The number of pyridine rings is 1. The Bertz CT molecular complexity index is 600. The zero-order valence-corrected chi connectivity index (χ0v) is 14.9. The molecule has 0 aromatic carbocycles. The maximum Gasteiger partial charge on any atom is 0.150 e. The number of aliphatic hydroxyl groups is 1. The van der Waals surface area contributed by atoms with Gasteiger partial charge in [-0.2, -0.15) is 0 Å². The summed E-state index contributed by atoms with van der Waals surface area (Å²) in [6.45, 7) is 5.23. The van der Waals surface area contributed by atoms with Crippen LogP contribution in [0.4, 0.5) is 5.82 Å². The molecule has 0 saturated carbocycles. The van der Waals surface area contributed by atoms with E-state index in [0.717, 1.165) is 11.4 Å². The van der Waals surface area contributed by atoms with Gasteiger partial charge >= 0.3 is 0 Å². The maximum absolute atomic E-state index is 11.4. The fourth-order valence-electron chi connectivity index (χ4n) is 2.53. The lowest BCUT2D eigenvalue weighted by atomic mass is 9.97. The van der Waals surface area contributed by atoms with Gasteiger partial charge < -0.3 is 15.3 Å². The second-order valence-corrected chi connectivity index (χ2v) is 9.01.